The van der Waals surface area contributed by atoms with Crippen molar-refractivity contribution >= 4 is 6.09 Å². The fourth-order valence-corrected chi connectivity index (χ4v) is 2.44. The minimum Gasteiger partial charge on any atom is -0.447 e. The molecule has 112 valence electrons. The molecule has 0 aliphatic carbocycles. The molecule has 1 heterocycles. The third-order valence-corrected chi connectivity index (χ3v) is 3.26. The second-order valence-corrected chi connectivity index (χ2v) is 5.05. The van der Waals surface area contributed by atoms with Crippen molar-refractivity contribution in [3.8, 4) is 0 Å². The SMILES string of the molecule is CC.CC(C)OC(=O)N1CCCCC1c1ccccc1. The minimum absolute atomic E-state index is 0.0594. The van der Waals surface area contributed by atoms with Crippen molar-refractivity contribution in [1.29, 1.82) is 0 Å². The number of benzene rings is 1. The Kier molecular flexibility index (Phi) is 7.13. The fraction of sp³-hybridized carbons (Fsp3) is 0.588. The number of carbonyl (C=O) groups excluding carboxylic acids is 1. The van der Waals surface area contributed by atoms with E-state index in [4.69, 9.17) is 4.74 Å². The largest absolute Gasteiger partial charge is 0.447 e. The van der Waals surface area contributed by atoms with Crippen LogP contribution in [0.15, 0.2) is 30.3 Å². The number of carbonyl (C=O) groups is 1. The first-order chi connectivity index (χ1) is 9.68. The lowest BCUT2D eigenvalue weighted by atomic mass is 9.96. The lowest BCUT2D eigenvalue weighted by molar-refractivity contribution is 0.0526. The predicted octanol–water partition coefficient (Wildman–Crippen LogP) is 4.78. The van der Waals surface area contributed by atoms with E-state index in [-0.39, 0.29) is 18.2 Å². The highest BCUT2D eigenvalue weighted by molar-refractivity contribution is 5.68. The van der Waals surface area contributed by atoms with Gasteiger partial charge in [0, 0.05) is 6.54 Å². The summed E-state index contributed by atoms with van der Waals surface area (Å²) in [6.45, 7) is 8.57. The van der Waals surface area contributed by atoms with E-state index in [0.29, 0.717) is 0 Å². The molecule has 3 heteroatoms. The number of hydrogen-bond acceptors (Lipinski definition) is 2. The van der Waals surface area contributed by atoms with Crippen molar-refractivity contribution in [2.45, 2.75) is 59.1 Å². The first-order valence-corrected chi connectivity index (χ1v) is 7.70. The third-order valence-electron chi connectivity index (χ3n) is 3.26. The zero-order valence-corrected chi connectivity index (χ0v) is 13.1. The number of amides is 1. The summed E-state index contributed by atoms with van der Waals surface area (Å²) in [4.78, 5) is 14.0. The summed E-state index contributed by atoms with van der Waals surface area (Å²) in [6.07, 6.45) is 3.02. The lowest BCUT2D eigenvalue weighted by Gasteiger charge is -2.35. The number of nitrogens with zero attached hydrogens (tertiary/aromatic N) is 1. The van der Waals surface area contributed by atoms with E-state index in [1.807, 2.05) is 50.8 Å². The van der Waals surface area contributed by atoms with Gasteiger partial charge in [-0.2, -0.15) is 0 Å². The van der Waals surface area contributed by atoms with Crippen LogP contribution in [0.2, 0.25) is 0 Å². The Morgan fingerprint density at radius 2 is 1.85 bits per heavy atom. The van der Waals surface area contributed by atoms with Gasteiger partial charge in [0.1, 0.15) is 0 Å². The molecular weight excluding hydrogens is 250 g/mol. The summed E-state index contributed by atoms with van der Waals surface area (Å²) in [7, 11) is 0. The predicted molar refractivity (Wildman–Crippen MR) is 82.7 cm³/mol. The molecule has 20 heavy (non-hydrogen) atoms. The standard InChI is InChI=1S/C15H21NO2.C2H6/c1-12(2)18-15(17)16-11-7-6-10-14(16)13-8-4-3-5-9-13;1-2/h3-5,8-9,12,14H,6-7,10-11H2,1-2H3;1-2H3. The topological polar surface area (TPSA) is 29.5 Å². The van der Waals surface area contributed by atoms with E-state index < -0.39 is 0 Å². The molecule has 1 aromatic carbocycles. The van der Waals surface area contributed by atoms with Gasteiger partial charge in [0.25, 0.3) is 0 Å². The molecule has 1 saturated heterocycles. The molecule has 1 aromatic rings. The van der Waals surface area contributed by atoms with Crippen molar-refractivity contribution in [2.24, 2.45) is 0 Å². The van der Waals surface area contributed by atoms with Crippen LogP contribution in [0, 0.1) is 0 Å². The molecule has 0 radical (unpaired) electrons. The molecule has 0 N–H and O–H groups in total. The molecule has 0 spiro atoms. The Morgan fingerprint density at radius 3 is 2.45 bits per heavy atom. The molecule has 2 rings (SSSR count). The summed E-state index contributed by atoms with van der Waals surface area (Å²) in [5, 5.41) is 0. The number of likely N-dealkylation sites (tertiary alicyclic amines) is 1. The molecule has 1 aliphatic rings. The maximum absolute atomic E-state index is 12.1. The van der Waals surface area contributed by atoms with Crippen LogP contribution in [0.3, 0.4) is 0 Å². The smallest absolute Gasteiger partial charge is 0.410 e. The number of piperidine rings is 1. The molecule has 3 nitrogen and oxygen atoms in total. The van der Waals surface area contributed by atoms with Crippen LogP contribution in [-0.4, -0.2) is 23.6 Å². The van der Waals surface area contributed by atoms with Crippen LogP contribution < -0.4 is 0 Å². The lowest BCUT2D eigenvalue weighted by Crippen LogP contribution is -2.39. The van der Waals surface area contributed by atoms with Crippen molar-refractivity contribution < 1.29 is 9.53 Å². The molecule has 1 fully saturated rings. The third kappa shape index (κ3) is 4.55. The van der Waals surface area contributed by atoms with Gasteiger partial charge in [0.05, 0.1) is 12.1 Å². The normalized spacial score (nSPS) is 18.2. The van der Waals surface area contributed by atoms with Crippen molar-refractivity contribution in [3.63, 3.8) is 0 Å². The van der Waals surface area contributed by atoms with Gasteiger partial charge in [-0.25, -0.2) is 4.79 Å². The van der Waals surface area contributed by atoms with Crippen molar-refractivity contribution in [3.05, 3.63) is 35.9 Å². The summed E-state index contributed by atoms with van der Waals surface area (Å²) in [6, 6.07) is 10.4. The maximum Gasteiger partial charge on any atom is 0.410 e. The Labute approximate surface area is 122 Å². The van der Waals surface area contributed by atoms with Gasteiger partial charge >= 0.3 is 6.09 Å². The number of hydrogen-bond donors (Lipinski definition) is 0. The average Bonchev–Trinajstić information content (AvgIpc) is 2.49. The zero-order chi connectivity index (χ0) is 15.0. The molecule has 1 atom stereocenters. The average molecular weight is 277 g/mol. The van der Waals surface area contributed by atoms with Gasteiger partial charge < -0.3 is 9.64 Å². The Morgan fingerprint density at radius 1 is 1.20 bits per heavy atom. The Balaban J connectivity index is 0.000000956. The Bertz CT molecular complexity index is 389. The molecular formula is C17H27NO2. The summed E-state index contributed by atoms with van der Waals surface area (Å²) in [5.41, 5.74) is 1.21. The van der Waals surface area contributed by atoms with E-state index in [0.717, 1.165) is 19.4 Å². The first-order valence-electron chi connectivity index (χ1n) is 7.70. The monoisotopic (exact) mass is 277 g/mol. The van der Waals surface area contributed by atoms with E-state index in [1.54, 1.807) is 0 Å². The number of ether oxygens (including phenoxy) is 1. The first kappa shape index (κ1) is 16.5. The van der Waals surface area contributed by atoms with Gasteiger partial charge in [0.2, 0.25) is 0 Å². The molecule has 0 bridgehead atoms. The molecule has 1 amide bonds. The summed E-state index contributed by atoms with van der Waals surface area (Å²) < 4.78 is 5.33. The highest BCUT2D eigenvalue weighted by Crippen LogP contribution is 2.31. The van der Waals surface area contributed by atoms with Gasteiger partial charge in [-0.05, 0) is 38.7 Å². The van der Waals surface area contributed by atoms with E-state index in [1.165, 1.54) is 12.0 Å². The minimum atomic E-state index is -0.182. The molecule has 0 aromatic heterocycles. The van der Waals surface area contributed by atoms with Crippen LogP contribution in [-0.2, 0) is 4.74 Å². The summed E-state index contributed by atoms with van der Waals surface area (Å²) >= 11 is 0. The number of rotatable bonds is 2. The quantitative estimate of drug-likeness (QED) is 0.778. The van der Waals surface area contributed by atoms with Crippen LogP contribution >= 0.6 is 0 Å². The van der Waals surface area contributed by atoms with Crippen LogP contribution in [0.5, 0.6) is 0 Å². The van der Waals surface area contributed by atoms with Crippen molar-refractivity contribution in [2.75, 3.05) is 6.54 Å². The molecule has 1 aliphatic heterocycles. The van der Waals surface area contributed by atoms with Gasteiger partial charge in [0.15, 0.2) is 0 Å². The van der Waals surface area contributed by atoms with Gasteiger partial charge in [-0.15, -0.1) is 0 Å². The molecule has 1 unspecified atom stereocenters. The van der Waals surface area contributed by atoms with Gasteiger partial charge in [-0.3, -0.25) is 0 Å². The maximum atomic E-state index is 12.1. The van der Waals surface area contributed by atoms with E-state index in [9.17, 15) is 4.79 Å². The second-order valence-electron chi connectivity index (χ2n) is 5.05. The molecule has 0 saturated carbocycles. The Hall–Kier alpha value is -1.51. The van der Waals surface area contributed by atoms with Crippen LogP contribution in [0.25, 0.3) is 0 Å². The van der Waals surface area contributed by atoms with Gasteiger partial charge in [-0.1, -0.05) is 44.2 Å². The zero-order valence-electron chi connectivity index (χ0n) is 13.1. The second kappa shape index (κ2) is 8.62. The van der Waals surface area contributed by atoms with E-state index in [2.05, 4.69) is 12.1 Å². The van der Waals surface area contributed by atoms with Crippen LogP contribution in [0.1, 0.15) is 58.6 Å². The van der Waals surface area contributed by atoms with Crippen molar-refractivity contribution in [1.82, 2.24) is 4.90 Å². The highest BCUT2D eigenvalue weighted by Gasteiger charge is 2.29. The van der Waals surface area contributed by atoms with E-state index >= 15 is 0 Å². The van der Waals surface area contributed by atoms with Crippen LogP contribution in [0.4, 0.5) is 4.79 Å². The fourth-order valence-electron chi connectivity index (χ4n) is 2.44. The highest BCUT2D eigenvalue weighted by atomic mass is 16.6. The summed E-state index contributed by atoms with van der Waals surface area (Å²) in [5.74, 6) is 0.